The summed E-state index contributed by atoms with van der Waals surface area (Å²) in [5.74, 6) is 0. The molecule has 0 saturated heterocycles. The zero-order valence-corrected chi connectivity index (χ0v) is 7.03. The topological polar surface area (TPSA) is 43.8 Å². The summed E-state index contributed by atoms with van der Waals surface area (Å²) in [5, 5.41) is 4.10. The molecule has 0 aromatic carbocycles. The predicted octanol–water partition coefficient (Wildman–Crippen LogP) is 1.32. The lowest BCUT2D eigenvalue weighted by Crippen LogP contribution is -2.42. The van der Waals surface area contributed by atoms with Crippen LogP contribution in [0.3, 0.4) is 0 Å². The van der Waals surface area contributed by atoms with Gasteiger partial charge in [0.15, 0.2) is 0 Å². The summed E-state index contributed by atoms with van der Waals surface area (Å²) in [7, 11) is 0. The summed E-state index contributed by atoms with van der Waals surface area (Å²) in [5.41, 5.74) is 7.14. The maximum Gasteiger partial charge on any atom is 0.0544 e. The van der Waals surface area contributed by atoms with Crippen molar-refractivity contribution in [1.82, 2.24) is 9.78 Å². The molecule has 3 nitrogen and oxygen atoms in total. The van der Waals surface area contributed by atoms with E-state index >= 15 is 0 Å². The zero-order valence-electron chi connectivity index (χ0n) is 7.03. The van der Waals surface area contributed by atoms with E-state index in [4.69, 9.17) is 5.73 Å². The van der Waals surface area contributed by atoms with E-state index in [2.05, 4.69) is 11.7 Å². The number of hydrogen-bond acceptors (Lipinski definition) is 2. The van der Waals surface area contributed by atoms with Gasteiger partial charge in [-0.05, 0) is 19.3 Å². The largest absolute Gasteiger partial charge is 0.321 e. The van der Waals surface area contributed by atoms with Gasteiger partial charge in [-0.1, -0.05) is 6.58 Å². The van der Waals surface area contributed by atoms with Gasteiger partial charge in [-0.15, -0.1) is 0 Å². The Morgan fingerprint density at radius 3 is 2.83 bits per heavy atom. The lowest BCUT2D eigenvalue weighted by Gasteiger charge is -2.37. The van der Waals surface area contributed by atoms with E-state index in [1.165, 1.54) is 6.42 Å². The van der Waals surface area contributed by atoms with Crippen molar-refractivity contribution in [2.45, 2.75) is 24.8 Å². The fourth-order valence-corrected chi connectivity index (χ4v) is 1.54. The molecule has 1 fully saturated rings. The number of aromatic nitrogens is 2. The van der Waals surface area contributed by atoms with Gasteiger partial charge in [-0.2, -0.15) is 5.10 Å². The van der Waals surface area contributed by atoms with E-state index in [1.807, 2.05) is 12.4 Å². The molecular weight excluding hydrogens is 150 g/mol. The van der Waals surface area contributed by atoms with E-state index in [-0.39, 0.29) is 5.54 Å². The molecule has 64 valence electrons. The third kappa shape index (κ3) is 0.975. The second kappa shape index (κ2) is 2.45. The molecular formula is C9H13N3. The standard InChI is InChI=1S/C9H13N3/c1-2-12-7-8(6-11-12)9(10)4-3-5-9/h2,6-7H,1,3-5,10H2. The second-order valence-corrected chi connectivity index (χ2v) is 3.40. The molecule has 0 radical (unpaired) electrons. The van der Waals surface area contributed by atoms with Gasteiger partial charge >= 0.3 is 0 Å². The average Bonchev–Trinajstić information content (AvgIpc) is 2.48. The molecule has 0 amide bonds. The van der Waals surface area contributed by atoms with E-state index < -0.39 is 0 Å². The zero-order chi connectivity index (χ0) is 8.60. The van der Waals surface area contributed by atoms with Crippen LogP contribution in [0.4, 0.5) is 0 Å². The number of nitrogens with two attached hydrogens (primary N) is 1. The first-order chi connectivity index (χ1) is 5.74. The Hall–Kier alpha value is -1.09. The van der Waals surface area contributed by atoms with Gasteiger partial charge in [0.05, 0.1) is 6.20 Å². The first kappa shape index (κ1) is 7.55. The van der Waals surface area contributed by atoms with Crippen LogP contribution in [0, 0.1) is 0 Å². The smallest absolute Gasteiger partial charge is 0.0544 e. The van der Waals surface area contributed by atoms with Gasteiger partial charge in [0.1, 0.15) is 0 Å². The van der Waals surface area contributed by atoms with Crippen LogP contribution in [-0.2, 0) is 5.54 Å². The van der Waals surface area contributed by atoms with Crippen LogP contribution in [0.1, 0.15) is 24.8 Å². The highest BCUT2D eigenvalue weighted by atomic mass is 15.2. The summed E-state index contributed by atoms with van der Waals surface area (Å²) in [6.07, 6.45) is 8.85. The van der Waals surface area contributed by atoms with E-state index in [9.17, 15) is 0 Å². The van der Waals surface area contributed by atoms with Crippen molar-refractivity contribution in [3.63, 3.8) is 0 Å². The molecule has 1 aliphatic rings. The lowest BCUT2D eigenvalue weighted by atomic mass is 9.74. The fourth-order valence-electron chi connectivity index (χ4n) is 1.54. The van der Waals surface area contributed by atoms with Crippen LogP contribution in [0.15, 0.2) is 19.0 Å². The first-order valence-electron chi connectivity index (χ1n) is 4.21. The quantitative estimate of drug-likeness (QED) is 0.714. The van der Waals surface area contributed by atoms with Crippen LogP contribution < -0.4 is 5.73 Å². The Labute approximate surface area is 71.9 Å². The Kier molecular flexibility index (Phi) is 1.54. The molecule has 1 saturated carbocycles. The van der Waals surface area contributed by atoms with Gasteiger partial charge < -0.3 is 5.73 Å². The SMILES string of the molecule is C=Cn1cc(C2(N)CCC2)cn1. The molecule has 2 N–H and O–H groups in total. The highest BCUT2D eigenvalue weighted by Crippen LogP contribution is 2.38. The molecule has 1 aromatic heterocycles. The van der Waals surface area contributed by atoms with Crippen LogP contribution in [0.25, 0.3) is 6.20 Å². The highest BCUT2D eigenvalue weighted by molar-refractivity contribution is 5.25. The number of hydrogen-bond donors (Lipinski definition) is 1. The average molecular weight is 163 g/mol. The lowest BCUT2D eigenvalue weighted by molar-refractivity contribution is 0.253. The van der Waals surface area contributed by atoms with Crippen molar-refractivity contribution >= 4 is 6.20 Å². The summed E-state index contributed by atoms with van der Waals surface area (Å²) in [6, 6.07) is 0. The molecule has 12 heavy (non-hydrogen) atoms. The first-order valence-corrected chi connectivity index (χ1v) is 4.21. The van der Waals surface area contributed by atoms with Crippen LogP contribution in [-0.4, -0.2) is 9.78 Å². The van der Waals surface area contributed by atoms with Crippen molar-refractivity contribution in [1.29, 1.82) is 0 Å². The fraction of sp³-hybridized carbons (Fsp3) is 0.444. The Morgan fingerprint density at radius 1 is 1.67 bits per heavy atom. The maximum absolute atomic E-state index is 6.10. The molecule has 1 heterocycles. The van der Waals surface area contributed by atoms with Gasteiger partial charge in [0.25, 0.3) is 0 Å². The molecule has 0 spiro atoms. The van der Waals surface area contributed by atoms with E-state index in [0.29, 0.717) is 0 Å². The molecule has 2 rings (SSSR count). The monoisotopic (exact) mass is 163 g/mol. The van der Waals surface area contributed by atoms with Gasteiger partial charge in [0, 0.05) is 23.5 Å². The van der Waals surface area contributed by atoms with Crippen molar-refractivity contribution in [2.75, 3.05) is 0 Å². The van der Waals surface area contributed by atoms with Crippen LogP contribution in [0.5, 0.6) is 0 Å². The normalized spacial score (nSPS) is 20.1. The van der Waals surface area contributed by atoms with Crippen molar-refractivity contribution in [3.8, 4) is 0 Å². The number of nitrogens with zero attached hydrogens (tertiary/aromatic N) is 2. The highest BCUT2D eigenvalue weighted by Gasteiger charge is 2.35. The second-order valence-electron chi connectivity index (χ2n) is 3.40. The third-order valence-electron chi connectivity index (χ3n) is 2.61. The molecule has 0 aliphatic heterocycles. The predicted molar refractivity (Wildman–Crippen MR) is 48.3 cm³/mol. The summed E-state index contributed by atoms with van der Waals surface area (Å²) in [6.45, 7) is 3.63. The third-order valence-corrected chi connectivity index (χ3v) is 2.61. The molecule has 1 aliphatic carbocycles. The Balaban J connectivity index is 2.27. The molecule has 0 unspecified atom stereocenters. The van der Waals surface area contributed by atoms with Gasteiger partial charge in [-0.25, -0.2) is 4.68 Å². The van der Waals surface area contributed by atoms with Crippen molar-refractivity contribution in [2.24, 2.45) is 5.73 Å². The molecule has 0 bridgehead atoms. The van der Waals surface area contributed by atoms with E-state index in [0.717, 1.165) is 18.4 Å². The molecule has 3 heteroatoms. The summed E-state index contributed by atoms with van der Waals surface area (Å²) < 4.78 is 1.70. The summed E-state index contributed by atoms with van der Waals surface area (Å²) >= 11 is 0. The minimum absolute atomic E-state index is 0.0960. The number of rotatable bonds is 2. The van der Waals surface area contributed by atoms with Gasteiger partial charge in [-0.3, -0.25) is 0 Å². The minimum Gasteiger partial charge on any atom is -0.321 e. The van der Waals surface area contributed by atoms with Gasteiger partial charge in [0.2, 0.25) is 0 Å². The van der Waals surface area contributed by atoms with Crippen molar-refractivity contribution < 1.29 is 0 Å². The Bertz CT molecular complexity index is 296. The summed E-state index contributed by atoms with van der Waals surface area (Å²) in [4.78, 5) is 0. The molecule has 1 aromatic rings. The van der Waals surface area contributed by atoms with E-state index in [1.54, 1.807) is 10.9 Å². The molecule has 0 atom stereocenters. The van der Waals surface area contributed by atoms with Crippen molar-refractivity contribution in [3.05, 3.63) is 24.5 Å². The minimum atomic E-state index is -0.0960. The van der Waals surface area contributed by atoms with Crippen LogP contribution in [0.2, 0.25) is 0 Å². The Morgan fingerprint density at radius 2 is 2.42 bits per heavy atom. The van der Waals surface area contributed by atoms with Crippen LogP contribution >= 0.6 is 0 Å². The maximum atomic E-state index is 6.10.